The monoisotopic (exact) mass is 329 g/mol. The third-order valence-electron chi connectivity index (χ3n) is 3.69. The van der Waals surface area contributed by atoms with Gasteiger partial charge in [0.05, 0.1) is 28.5 Å². The molecule has 0 aromatic carbocycles. The smallest absolute Gasteiger partial charge is 0.0696 e. The second-order valence-electron chi connectivity index (χ2n) is 5.03. The van der Waals surface area contributed by atoms with Gasteiger partial charge < -0.3 is 10.1 Å². The highest BCUT2D eigenvalue weighted by atomic mass is 79.9. The van der Waals surface area contributed by atoms with Crippen LogP contribution in [0.1, 0.15) is 51.3 Å². The Morgan fingerprint density at radius 1 is 1.53 bits per heavy atom. The predicted octanol–water partition coefficient (Wildman–Crippen LogP) is 3.28. The molecule has 1 fully saturated rings. The van der Waals surface area contributed by atoms with E-state index in [-0.39, 0.29) is 0 Å². The molecule has 1 aliphatic rings. The van der Waals surface area contributed by atoms with Gasteiger partial charge in [-0.1, -0.05) is 6.92 Å². The van der Waals surface area contributed by atoms with E-state index in [1.807, 2.05) is 6.20 Å². The highest BCUT2D eigenvalue weighted by molar-refractivity contribution is 9.10. The van der Waals surface area contributed by atoms with Crippen LogP contribution in [-0.4, -0.2) is 29.0 Å². The minimum atomic E-state index is 0.310. The van der Waals surface area contributed by atoms with Crippen molar-refractivity contribution in [3.8, 4) is 0 Å². The Morgan fingerprint density at radius 2 is 2.37 bits per heavy atom. The second kappa shape index (κ2) is 7.41. The number of hydrogen-bond donors (Lipinski definition) is 1. The summed E-state index contributed by atoms with van der Waals surface area (Å²) in [4.78, 5) is 0. The van der Waals surface area contributed by atoms with Gasteiger partial charge in [-0.2, -0.15) is 5.10 Å². The van der Waals surface area contributed by atoms with Crippen molar-refractivity contribution >= 4 is 15.9 Å². The number of nitrogens with one attached hydrogen (secondary N) is 1. The van der Waals surface area contributed by atoms with Crippen LogP contribution >= 0.6 is 15.9 Å². The Morgan fingerprint density at radius 3 is 3.00 bits per heavy atom. The molecule has 0 amide bonds. The van der Waals surface area contributed by atoms with Crippen molar-refractivity contribution in [1.29, 1.82) is 0 Å². The average Bonchev–Trinajstić information content (AvgIpc) is 2.80. The standard InChI is InChI=1S/C14H24BrN3O/c1-3-16-13(9-11-7-5-6-8-19-11)14-12(15)10-17-18(14)4-2/h10-11,13,16H,3-9H2,1-2H3. The Kier molecular flexibility index (Phi) is 5.85. The van der Waals surface area contributed by atoms with Gasteiger partial charge >= 0.3 is 0 Å². The van der Waals surface area contributed by atoms with Gasteiger partial charge in [0.1, 0.15) is 0 Å². The highest BCUT2D eigenvalue weighted by Crippen LogP contribution is 2.29. The van der Waals surface area contributed by atoms with Crippen molar-refractivity contribution in [2.45, 2.75) is 58.2 Å². The van der Waals surface area contributed by atoms with E-state index in [0.717, 1.165) is 30.6 Å². The number of rotatable bonds is 6. The third kappa shape index (κ3) is 3.80. The molecule has 0 spiro atoms. The molecule has 5 heteroatoms. The molecule has 0 aliphatic carbocycles. The molecule has 19 heavy (non-hydrogen) atoms. The van der Waals surface area contributed by atoms with E-state index >= 15 is 0 Å². The molecule has 0 bridgehead atoms. The van der Waals surface area contributed by atoms with E-state index in [1.165, 1.54) is 25.0 Å². The Balaban J connectivity index is 2.11. The van der Waals surface area contributed by atoms with E-state index in [2.05, 4.69) is 44.9 Å². The zero-order valence-corrected chi connectivity index (χ0v) is 13.4. The van der Waals surface area contributed by atoms with Crippen LogP contribution in [0.25, 0.3) is 0 Å². The minimum Gasteiger partial charge on any atom is -0.378 e. The summed E-state index contributed by atoms with van der Waals surface area (Å²) in [6, 6.07) is 0.310. The fourth-order valence-corrected chi connectivity index (χ4v) is 3.34. The highest BCUT2D eigenvalue weighted by Gasteiger charge is 2.24. The molecular weight excluding hydrogens is 306 g/mol. The fourth-order valence-electron chi connectivity index (χ4n) is 2.76. The molecule has 1 aliphatic heterocycles. The topological polar surface area (TPSA) is 39.1 Å². The van der Waals surface area contributed by atoms with E-state index in [0.29, 0.717) is 12.1 Å². The van der Waals surface area contributed by atoms with Crippen LogP contribution in [0, 0.1) is 0 Å². The van der Waals surface area contributed by atoms with Gasteiger partial charge in [-0.05, 0) is 55.1 Å². The molecule has 1 saturated heterocycles. The van der Waals surface area contributed by atoms with Crippen molar-refractivity contribution < 1.29 is 4.74 Å². The first-order chi connectivity index (χ1) is 9.26. The van der Waals surface area contributed by atoms with Crippen LogP contribution in [0.3, 0.4) is 0 Å². The van der Waals surface area contributed by atoms with Gasteiger partial charge in [0, 0.05) is 13.2 Å². The molecule has 0 saturated carbocycles. The first kappa shape index (κ1) is 15.0. The molecule has 2 rings (SSSR count). The molecular formula is C14H24BrN3O. The lowest BCUT2D eigenvalue weighted by atomic mass is 9.99. The Labute approximate surface area is 124 Å². The lowest BCUT2D eigenvalue weighted by Gasteiger charge is -2.28. The number of nitrogens with zero attached hydrogens (tertiary/aromatic N) is 2. The van der Waals surface area contributed by atoms with Crippen LogP contribution in [0.5, 0.6) is 0 Å². The maximum absolute atomic E-state index is 5.88. The van der Waals surface area contributed by atoms with Crippen LogP contribution in [0.15, 0.2) is 10.7 Å². The summed E-state index contributed by atoms with van der Waals surface area (Å²) in [5.74, 6) is 0. The van der Waals surface area contributed by atoms with Gasteiger partial charge in [-0.15, -0.1) is 0 Å². The van der Waals surface area contributed by atoms with Crippen molar-refractivity contribution in [1.82, 2.24) is 15.1 Å². The molecule has 108 valence electrons. The first-order valence-corrected chi connectivity index (χ1v) is 8.11. The summed E-state index contributed by atoms with van der Waals surface area (Å²) in [6.45, 7) is 7.04. The normalized spacial score (nSPS) is 21.5. The first-order valence-electron chi connectivity index (χ1n) is 7.32. The summed E-state index contributed by atoms with van der Waals surface area (Å²) in [7, 11) is 0. The van der Waals surface area contributed by atoms with E-state index in [9.17, 15) is 0 Å². The zero-order valence-electron chi connectivity index (χ0n) is 11.9. The molecule has 1 N–H and O–H groups in total. The maximum atomic E-state index is 5.88. The van der Waals surface area contributed by atoms with E-state index in [1.54, 1.807) is 0 Å². The SMILES string of the molecule is CCNC(CC1CCCCO1)c1c(Br)cnn1CC. The van der Waals surface area contributed by atoms with Crippen LogP contribution in [0.4, 0.5) is 0 Å². The quantitative estimate of drug-likeness (QED) is 0.870. The molecule has 4 nitrogen and oxygen atoms in total. The lowest BCUT2D eigenvalue weighted by Crippen LogP contribution is -2.30. The van der Waals surface area contributed by atoms with Gasteiger partial charge in [0.15, 0.2) is 0 Å². The number of aromatic nitrogens is 2. The number of ether oxygens (including phenoxy) is 1. The second-order valence-corrected chi connectivity index (χ2v) is 5.88. The molecule has 2 heterocycles. The lowest BCUT2D eigenvalue weighted by molar-refractivity contribution is 0.00458. The molecule has 2 atom stereocenters. The summed E-state index contributed by atoms with van der Waals surface area (Å²) >= 11 is 3.63. The van der Waals surface area contributed by atoms with Crippen molar-refractivity contribution in [2.24, 2.45) is 0 Å². The number of aryl methyl sites for hydroxylation is 1. The van der Waals surface area contributed by atoms with Gasteiger partial charge in [-0.25, -0.2) is 0 Å². The van der Waals surface area contributed by atoms with Gasteiger partial charge in [0.2, 0.25) is 0 Å². The number of hydrogen-bond acceptors (Lipinski definition) is 3. The molecule has 2 unspecified atom stereocenters. The van der Waals surface area contributed by atoms with Crippen LogP contribution in [-0.2, 0) is 11.3 Å². The number of halogens is 1. The Hall–Kier alpha value is -0.390. The van der Waals surface area contributed by atoms with Crippen molar-refractivity contribution in [3.05, 3.63) is 16.4 Å². The predicted molar refractivity (Wildman–Crippen MR) is 80.2 cm³/mol. The Bertz CT molecular complexity index is 388. The van der Waals surface area contributed by atoms with Crippen LogP contribution in [0.2, 0.25) is 0 Å². The molecule has 1 aromatic heterocycles. The fraction of sp³-hybridized carbons (Fsp3) is 0.786. The summed E-state index contributed by atoms with van der Waals surface area (Å²) in [5, 5.41) is 8.00. The van der Waals surface area contributed by atoms with Crippen molar-refractivity contribution in [3.63, 3.8) is 0 Å². The summed E-state index contributed by atoms with van der Waals surface area (Å²) in [5.41, 5.74) is 1.25. The van der Waals surface area contributed by atoms with Gasteiger partial charge in [0.25, 0.3) is 0 Å². The minimum absolute atomic E-state index is 0.310. The third-order valence-corrected chi connectivity index (χ3v) is 4.30. The summed E-state index contributed by atoms with van der Waals surface area (Å²) < 4.78 is 9.04. The van der Waals surface area contributed by atoms with E-state index < -0.39 is 0 Å². The van der Waals surface area contributed by atoms with Crippen LogP contribution < -0.4 is 5.32 Å². The summed E-state index contributed by atoms with van der Waals surface area (Å²) in [6.07, 6.45) is 6.98. The molecule has 0 radical (unpaired) electrons. The zero-order chi connectivity index (χ0) is 13.7. The molecule has 1 aromatic rings. The average molecular weight is 330 g/mol. The van der Waals surface area contributed by atoms with E-state index in [4.69, 9.17) is 4.74 Å². The maximum Gasteiger partial charge on any atom is 0.0696 e. The van der Waals surface area contributed by atoms with Crippen molar-refractivity contribution in [2.75, 3.05) is 13.2 Å². The largest absolute Gasteiger partial charge is 0.378 e. The van der Waals surface area contributed by atoms with Gasteiger partial charge in [-0.3, -0.25) is 4.68 Å².